The average Bonchev–Trinajstić information content (AvgIpc) is 3.32. The molecule has 0 atom stereocenters. The summed E-state index contributed by atoms with van der Waals surface area (Å²) in [7, 11) is 1.86. The Bertz CT molecular complexity index is 1150. The molecule has 146 valence electrons. The van der Waals surface area contributed by atoms with Gasteiger partial charge >= 0.3 is 0 Å². The Morgan fingerprint density at radius 2 is 1.86 bits per heavy atom. The van der Waals surface area contributed by atoms with Crippen LogP contribution in [0.5, 0.6) is 0 Å². The van der Waals surface area contributed by atoms with E-state index in [0.29, 0.717) is 5.92 Å². The van der Waals surface area contributed by atoms with Gasteiger partial charge in [0.05, 0.1) is 21.1 Å². The third-order valence-corrected chi connectivity index (χ3v) is 6.55. The van der Waals surface area contributed by atoms with Crippen LogP contribution >= 0.6 is 11.3 Å². The lowest BCUT2D eigenvalue weighted by Gasteiger charge is -2.14. The molecule has 0 N–H and O–H groups in total. The molecule has 4 heterocycles. The van der Waals surface area contributed by atoms with Crippen LogP contribution in [-0.4, -0.2) is 34.8 Å². The molecule has 0 aliphatic rings. The van der Waals surface area contributed by atoms with Crippen molar-refractivity contribution < 1.29 is 0 Å². The Balaban J connectivity index is 1.94. The van der Waals surface area contributed by atoms with Crippen molar-refractivity contribution in [3.8, 4) is 21.3 Å². The van der Waals surface area contributed by atoms with Gasteiger partial charge in [0.25, 0.3) is 0 Å². The number of fused-ring (bicyclic) bond motifs is 1. The molecule has 8 heteroatoms. The highest BCUT2D eigenvalue weighted by atomic mass is 32.1. The minimum atomic E-state index is 0.489. The third kappa shape index (κ3) is 2.92. The fourth-order valence-corrected chi connectivity index (χ4v) is 5.10. The lowest BCUT2D eigenvalue weighted by molar-refractivity contribution is 0.638. The van der Waals surface area contributed by atoms with Crippen molar-refractivity contribution in [1.29, 1.82) is 0 Å². The van der Waals surface area contributed by atoms with Crippen molar-refractivity contribution in [2.45, 2.75) is 53.4 Å². The number of thiophene rings is 1. The van der Waals surface area contributed by atoms with Crippen LogP contribution in [0, 0.1) is 20.8 Å². The first kappa shape index (κ1) is 18.7. The second kappa shape index (κ2) is 7.09. The number of aryl methyl sites for hydroxylation is 4. The molecule has 28 heavy (non-hydrogen) atoms. The van der Waals surface area contributed by atoms with Gasteiger partial charge in [-0.05, 0) is 67.7 Å². The molecule has 0 radical (unpaired) electrons. The van der Waals surface area contributed by atoms with E-state index in [1.54, 1.807) is 16.0 Å². The number of imidazole rings is 1. The van der Waals surface area contributed by atoms with Crippen LogP contribution in [0.4, 0.5) is 0 Å². The Hall–Kier alpha value is -2.61. The van der Waals surface area contributed by atoms with Crippen molar-refractivity contribution in [3.05, 3.63) is 34.6 Å². The fraction of sp³-hybridized carbons (Fsp3) is 0.450. The van der Waals surface area contributed by atoms with Gasteiger partial charge in [-0.2, -0.15) is 5.10 Å². The molecule has 0 saturated heterocycles. The van der Waals surface area contributed by atoms with Gasteiger partial charge in [0.1, 0.15) is 5.69 Å². The van der Waals surface area contributed by atoms with Gasteiger partial charge < -0.3 is 0 Å². The van der Waals surface area contributed by atoms with E-state index in [1.807, 2.05) is 11.6 Å². The predicted molar refractivity (Wildman–Crippen MR) is 112 cm³/mol. The summed E-state index contributed by atoms with van der Waals surface area (Å²) < 4.78 is 3.74. The van der Waals surface area contributed by atoms with Crippen molar-refractivity contribution >= 4 is 17.0 Å². The van der Waals surface area contributed by atoms with Gasteiger partial charge in [-0.15, -0.1) is 16.4 Å². The minimum absolute atomic E-state index is 0.489. The van der Waals surface area contributed by atoms with Crippen LogP contribution in [0.25, 0.3) is 26.9 Å². The van der Waals surface area contributed by atoms with Gasteiger partial charge in [0.15, 0.2) is 11.5 Å². The maximum atomic E-state index is 4.94. The molecule has 0 aliphatic carbocycles. The monoisotopic (exact) mass is 395 g/mol. The molecule has 0 aromatic carbocycles. The molecular formula is C20H25N7S. The highest BCUT2D eigenvalue weighted by Gasteiger charge is 2.22. The fourth-order valence-electron chi connectivity index (χ4n) is 3.83. The number of hydrogen-bond donors (Lipinski definition) is 0. The molecule has 0 amide bonds. The Labute approximate surface area is 168 Å². The summed E-state index contributed by atoms with van der Waals surface area (Å²) in [5.41, 5.74) is 6.52. The Kier molecular flexibility index (Phi) is 4.74. The molecule has 4 aromatic rings. The van der Waals surface area contributed by atoms with E-state index in [-0.39, 0.29) is 0 Å². The Morgan fingerprint density at radius 1 is 1.11 bits per heavy atom. The second-order valence-corrected chi connectivity index (χ2v) is 8.34. The van der Waals surface area contributed by atoms with E-state index in [1.165, 1.54) is 11.1 Å². The van der Waals surface area contributed by atoms with Crippen LogP contribution in [0.3, 0.4) is 0 Å². The second-order valence-electron chi connectivity index (χ2n) is 7.28. The van der Waals surface area contributed by atoms with Crippen molar-refractivity contribution in [2.24, 2.45) is 7.05 Å². The van der Waals surface area contributed by atoms with E-state index < -0.39 is 0 Å². The molecule has 0 spiro atoms. The van der Waals surface area contributed by atoms with Gasteiger partial charge in [0.2, 0.25) is 0 Å². The molecule has 0 saturated carbocycles. The Morgan fingerprint density at radius 3 is 2.50 bits per heavy atom. The molecule has 4 rings (SSSR count). The first-order valence-electron chi connectivity index (χ1n) is 9.64. The minimum Gasteiger partial charge on any atom is -0.231 e. The van der Waals surface area contributed by atoms with E-state index in [2.05, 4.69) is 62.3 Å². The zero-order valence-electron chi connectivity index (χ0n) is 17.2. The molecule has 4 aromatic heterocycles. The lowest BCUT2D eigenvalue weighted by Crippen LogP contribution is -2.05. The zero-order chi connectivity index (χ0) is 20.0. The number of tetrazole rings is 1. The van der Waals surface area contributed by atoms with Crippen LogP contribution in [0.1, 0.15) is 55.1 Å². The summed E-state index contributed by atoms with van der Waals surface area (Å²) in [6.45, 7) is 10.7. The summed E-state index contributed by atoms with van der Waals surface area (Å²) in [6, 6.07) is 4.34. The smallest absolute Gasteiger partial charge is 0.191 e. The van der Waals surface area contributed by atoms with Crippen LogP contribution < -0.4 is 0 Å². The number of rotatable bonds is 5. The van der Waals surface area contributed by atoms with Crippen molar-refractivity contribution in [3.63, 3.8) is 0 Å². The zero-order valence-corrected chi connectivity index (χ0v) is 18.0. The van der Waals surface area contributed by atoms with Gasteiger partial charge in [-0.3, -0.25) is 0 Å². The normalized spacial score (nSPS) is 11.8. The summed E-state index contributed by atoms with van der Waals surface area (Å²) in [5, 5.41) is 16.7. The topological polar surface area (TPSA) is 73.8 Å². The molecule has 0 fully saturated rings. The van der Waals surface area contributed by atoms with E-state index in [9.17, 15) is 0 Å². The number of hydrogen-bond acceptors (Lipinski definition) is 6. The highest BCUT2D eigenvalue weighted by Crippen LogP contribution is 2.39. The summed E-state index contributed by atoms with van der Waals surface area (Å²) in [6.07, 6.45) is 2.19. The van der Waals surface area contributed by atoms with Gasteiger partial charge in [-0.25, -0.2) is 14.2 Å². The first-order valence-corrected chi connectivity index (χ1v) is 10.5. The SMILES string of the molecule is CCC(CC)c1cc(C)nn2c(-c3sc(-c4nnnn4C)cc3C)c(C)nc12. The number of aromatic nitrogens is 7. The van der Waals surface area contributed by atoms with Crippen molar-refractivity contribution in [2.75, 3.05) is 0 Å². The molecule has 7 nitrogen and oxygen atoms in total. The van der Waals surface area contributed by atoms with Crippen LogP contribution in [0.2, 0.25) is 0 Å². The number of nitrogens with zero attached hydrogens (tertiary/aromatic N) is 7. The highest BCUT2D eigenvalue weighted by molar-refractivity contribution is 7.19. The quantitative estimate of drug-likeness (QED) is 0.498. The lowest BCUT2D eigenvalue weighted by atomic mass is 9.95. The predicted octanol–water partition coefficient (Wildman–Crippen LogP) is 4.48. The standard InChI is InChI=1S/C20H25N7S/c1-7-14(8-2)15-10-12(4)23-27-17(13(5)21-19(15)27)18-11(3)9-16(28-18)20-22-24-25-26(20)6/h9-10,14H,7-8H2,1-6H3. The van der Waals surface area contributed by atoms with Crippen LogP contribution in [-0.2, 0) is 7.05 Å². The first-order chi connectivity index (χ1) is 13.4. The van der Waals surface area contributed by atoms with Gasteiger partial charge in [-0.1, -0.05) is 13.8 Å². The van der Waals surface area contributed by atoms with E-state index in [0.717, 1.165) is 51.1 Å². The van der Waals surface area contributed by atoms with Gasteiger partial charge in [0, 0.05) is 12.6 Å². The van der Waals surface area contributed by atoms with Crippen molar-refractivity contribution in [1.82, 2.24) is 34.8 Å². The van der Waals surface area contributed by atoms with E-state index in [4.69, 9.17) is 10.1 Å². The molecular weight excluding hydrogens is 370 g/mol. The van der Waals surface area contributed by atoms with E-state index >= 15 is 0 Å². The molecule has 0 bridgehead atoms. The summed E-state index contributed by atoms with van der Waals surface area (Å²) >= 11 is 1.69. The van der Waals surface area contributed by atoms with Crippen LogP contribution in [0.15, 0.2) is 12.1 Å². The largest absolute Gasteiger partial charge is 0.231 e. The summed E-state index contributed by atoms with van der Waals surface area (Å²) in [5.74, 6) is 1.26. The maximum Gasteiger partial charge on any atom is 0.191 e. The summed E-state index contributed by atoms with van der Waals surface area (Å²) in [4.78, 5) is 7.15. The third-order valence-electron chi connectivity index (χ3n) is 5.31. The molecule has 0 unspecified atom stereocenters. The average molecular weight is 396 g/mol. The maximum absolute atomic E-state index is 4.94. The molecule has 0 aliphatic heterocycles.